The van der Waals surface area contributed by atoms with E-state index >= 15 is 0 Å². The Hall–Kier alpha value is 0.590. The van der Waals surface area contributed by atoms with Crippen molar-refractivity contribution in [3.8, 4) is 0 Å². The third-order valence-corrected chi connectivity index (χ3v) is 3.87. The van der Waals surface area contributed by atoms with Gasteiger partial charge in [-0.05, 0) is 13.3 Å². The van der Waals surface area contributed by atoms with Crippen molar-refractivity contribution in [2.24, 2.45) is 0 Å². The summed E-state index contributed by atoms with van der Waals surface area (Å²) in [6, 6.07) is 0. The zero-order chi connectivity index (χ0) is 9.83. The van der Waals surface area contributed by atoms with Crippen LogP contribution in [0, 0.1) is 0 Å². The molecule has 0 amide bonds. The van der Waals surface area contributed by atoms with Gasteiger partial charge >= 0.3 is 7.82 Å². The first-order valence-corrected chi connectivity index (χ1v) is 5.75. The average Bonchev–Trinajstić information content (AvgIpc) is 2.04. The molecule has 1 atom stereocenters. The van der Waals surface area contributed by atoms with Crippen LogP contribution in [-0.4, -0.2) is 18.7 Å². The molecule has 0 aliphatic heterocycles. The molecule has 0 aromatic heterocycles. The molecule has 0 saturated carbocycles. The van der Waals surface area contributed by atoms with Crippen LogP contribution in [0.5, 0.6) is 0 Å². The van der Waals surface area contributed by atoms with E-state index in [1.54, 1.807) is 6.92 Å². The Morgan fingerprint density at radius 3 is 2.08 bits per heavy atom. The number of alkyl halides is 1. The number of hydrogen-bond donors (Lipinski definition) is 0. The van der Waals surface area contributed by atoms with Gasteiger partial charge < -0.3 is 0 Å². The van der Waals surface area contributed by atoms with Crippen LogP contribution in [0.3, 0.4) is 0 Å². The van der Waals surface area contributed by atoms with E-state index in [2.05, 4.69) is 25.0 Å². The van der Waals surface area contributed by atoms with Crippen molar-refractivity contribution in [2.75, 3.05) is 14.2 Å². The molecule has 0 bridgehead atoms. The second-order valence-electron chi connectivity index (χ2n) is 2.36. The molecule has 4 nitrogen and oxygen atoms in total. The summed E-state index contributed by atoms with van der Waals surface area (Å²) >= 11 is 3.24. The van der Waals surface area contributed by atoms with E-state index in [4.69, 9.17) is 4.52 Å². The Morgan fingerprint density at radius 1 is 1.42 bits per heavy atom. The van der Waals surface area contributed by atoms with Crippen LogP contribution >= 0.6 is 23.8 Å². The summed E-state index contributed by atoms with van der Waals surface area (Å²) in [4.78, 5) is 0. The van der Waals surface area contributed by atoms with Gasteiger partial charge in [-0.25, -0.2) is 4.57 Å². The van der Waals surface area contributed by atoms with Crippen molar-refractivity contribution in [3.05, 3.63) is 0 Å². The van der Waals surface area contributed by atoms with E-state index in [9.17, 15) is 4.57 Å². The third kappa shape index (κ3) is 4.01. The fraction of sp³-hybridized carbons (Fsp3) is 1.00. The van der Waals surface area contributed by atoms with Crippen LogP contribution < -0.4 is 0 Å². The van der Waals surface area contributed by atoms with Crippen molar-refractivity contribution in [1.29, 1.82) is 0 Å². The summed E-state index contributed by atoms with van der Waals surface area (Å²) in [5, 5.41) is 0. The topological polar surface area (TPSA) is 44.8 Å². The molecule has 0 aliphatic rings. The zero-order valence-electron chi connectivity index (χ0n) is 7.67. The summed E-state index contributed by atoms with van der Waals surface area (Å²) in [5.74, 6) is 0. The van der Waals surface area contributed by atoms with Crippen LogP contribution in [0.1, 0.15) is 20.3 Å². The van der Waals surface area contributed by atoms with Gasteiger partial charge in [-0.3, -0.25) is 13.6 Å². The number of hydrogen-bond acceptors (Lipinski definition) is 4. The molecule has 6 heteroatoms. The van der Waals surface area contributed by atoms with Gasteiger partial charge in [0, 0.05) is 14.2 Å². The minimum atomic E-state index is -3.37. The molecule has 0 radical (unpaired) electrons. The van der Waals surface area contributed by atoms with Gasteiger partial charge in [0.1, 0.15) is 4.51 Å². The minimum Gasteiger partial charge on any atom is -0.290 e. The molecule has 0 spiro atoms. The molecule has 12 heavy (non-hydrogen) atoms. The molecule has 74 valence electrons. The highest BCUT2D eigenvalue weighted by Gasteiger charge is 2.33. The van der Waals surface area contributed by atoms with Crippen LogP contribution in [0.15, 0.2) is 0 Å². The van der Waals surface area contributed by atoms with Gasteiger partial charge in [-0.1, -0.05) is 22.9 Å². The molecule has 0 fully saturated rings. The van der Waals surface area contributed by atoms with Gasteiger partial charge in [0.15, 0.2) is 0 Å². The highest BCUT2D eigenvalue weighted by atomic mass is 79.9. The number of rotatable bonds is 5. The van der Waals surface area contributed by atoms with Gasteiger partial charge in [-0.15, -0.1) is 0 Å². The maximum absolute atomic E-state index is 11.4. The zero-order valence-corrected chi connectivity index (χ0v) is 10.1. The predicted octanol–water partition coefficient (Wildman–Crippen LogP) is 2.93. The molecular weight excluding hydrogens is 247 g/mol. The Bertz CT molecular complexity index is 174. The van der Waals surface area contributed by atoms with Crippen molar-refractivity contribution >= 4 is 23.8 Å². The number of halogens is 1. The largest absolute Gasteiger partial charge is 0.475 e. The lowest BCUT2D eigenvalue weighted by Gasteiger charge is -2.24. The average molecular weight is 261 g/mol. The van der Waals surface area contributed by atoms with E-state index < -0.39 is 12.3 Å². The van der Waals surface area contributed by atoms with Gasteiger partial charge in [0.2, 0.25) is 0 Å². The molecule has 0 aliphatic carbocycles. The van der Waals surface area contributed by atoms with Crippen molar-refractivity contribution in [1.82, 2.24) is 0 Å². The van der Waals surface area contributed by atoms with Crippen LogP contribution in [-0.2, 0) is 18.1 Å². The lowest BCUT2D eigenvalue weighted by molar-refractivity contribution is 0.0967. The lowest BCUT2D eigenvalue weighted by Crippen LogP contribution is -2.18. The standard InChI is InChI=1S/C6H14BrO4P/c1-5-6(2,7)11-12(8,9-3)10-4/h5H2,1-4H3. The lowest BCUT2D eigenvalue weighted by atomic mass is 10.3. The normalized spacial score (nSPS) is 17.4. The Labute approximate surface area is 81.3 Å². The molecule has 0 rings (SSSR count). The first-order valence-electron chi connectivity index (χ1n) is 3.50. The summed E-state index contributed by atoms with van der Waals surface area (Å²) in [6.07, 6.45) is 0.656. The highest BCUT2D eigenvalue weighted by Crippen LogP contribution is 2.53. The number of phosphoric ester groups is 1. The highest BCUT2D eigenvalue weighted by molar-refractivity contribution is 9.10. The van der Waals surface area contributed by atoms with Crippen molar-refractivity contribution < 1.29 is 18.1 Å². The molecular formula is C6H14BrO4P. The predicted molar refractivity (Wildman–Crippen MR) is 50.3 cm³/mol. The monoisotopic (exact) mass is 260 g/mol. The second kappa shape index (κ2) is 4.72. The molecule has 0 aromatic carbocycles. The van der Waals surface area contributed by atoms with Crippen molar-refractivity contribution in [2.45, 2.75) is 24.8 Å². The van der Waals surface area contributed by atoms with Gasteiger partial charge in [0.05, 0.1) is 0 Å². The molecule has 0 saturated heterocycles. The summed E-state index contributed by atoms with van der Waals surface area (Å²) in [6.45, 7) is 3.64. The maximum Gasteiger partial charge on any atom is 0.475 e. The smallest absolute Gasteiger partial charge is 0.290 e. The fourth-order valence-electron chi connectivity index (χ4n) is 0.447. The SMILES string of the molecule is CCC(C)(Br)OP(=O)(OC)OC. The summed E-state index contributed by atoms with van der Waals surface area (Å²) in [7, 11) is -0.805. The quantitative estimate of drug-likeness (QED) is 0.563. The van der Waals surface area contributed by atoms with Crippen molar-refractivity contribution in [3.63, 3.8) is 0 Å². The van der Waals surface area contributed by atoms with Gasteiger partial charge in [-0.2, -0.15) is 0 Å². The second-order valence-corrected chi connectivity index (χ2v) is 5.84. The molecule has 0 N–H and O–H groups in total. The molecule has 1 unspecified atom stereocenters. The first-order chi connectivity index (χ1) is 5.39. The summed E-state index contributed by atoms with van der Waals surface area (Å²) < 4.78 is 25.1. The Kier molecular flexibility index (Phi) is 4.95. The number of phosphoric acid groups is 1. The Balaban J connectivity index is 4.31. The van der Waals surface area contributed by atoms with Crippen LogP contribution in [0.25, 0.3) is 0 Å². The first kappa shape index (κ1) is 12.6. The van der Waals surface area contributed by atoms with Crippen LogP contribution in [0.2, 0.25) is 0 Å². The fourth-order valence-corrected chi connectivity index (χ4v) is 1.87. The Morgan fingerprint density at radius 2 is 1.83 bits per heavy atom. The molecule has 0 aromatic rings. The van der Waals surface area contributed by atoms with E-state index in [1.165, 1.54) is 14.2 Å². The minimum absolute atomic E-state index is 0.656. The van der Waals surface area contributed by atoms with E-state index in [1.807, 2.05) is 6.92 Å². The van der Waals surface area contributed by atoms with E-state index in [0.717, 1.165) is 0 Å². The third-order valence-electron chi connectivity index (χ3n) is 1.38. The van der Waals surface area contributed by atoms with Crippen LogP contribution in [0.4, 0.5) is 0 Å². The maximum atomic E-state index is 11.4. The van der Waals surface area contributed by atoms with E-state index in [-0.39, 0.29) is 0 Å². The molecule has 0 heterocycles. The summed E-state index contributed by atoms with van der Waals surface area (Å²) in [5.41, 5.74) is 0. The van der Waals surface area contributed by atoms with E-state index in [0.29, 0.717) is 6.42 Å². The van der Waals surface area contributed by atoms with Gasteiger partial charge in [0.25, 0.3) is 0 Å².